The molecule has 0 heterocycles. The number of carbonyl (C=O) groups is 2. The molecule has 0 aliphatic rings. The molecular weight excluding hydrogens is 342 g/mol. The molecule has 0 aromatic heterocycles. The molecule has 1 unspecified atom stereocenters. The van der Waals surface area contributed by atoms with Crippen molar-refractivity contribution in [1.82, 2.24) is 5.32 Å². The molecule has 0 saturated carbocycles. The topological polar surface area (TPSA) is 84.9 Å². The molecule has 0 saturated heterocycles. The molecule has 1 aromatic rings. The number of rotatable bonds is 12. The van der Waals surface area contributed by atoms with E-state index in [0.29, 0.717) is 24.7 Å². The number of ether oxygens (including phenoxy) is 2. The van der Waals surface area contributed by atoms with E-state index >= 15 is 0 Å². The van der Waals surface area contributed by atoms with Gasteiger partial charge in [0.25, 0.3) is 0 Å². The summed E-state index contributed by atoms with van der Waals surface area (Å²) in [7, 11) is 0. The summed E-state index contributed by atoms with van der Waals surface area (Å²) in [5.41, 5.74) is 0.849. The largest absolute Gasteiger partial charge is 0.480 e. The van der Waals surface area contributed by atoms with E-state index in [0.717, 1.165) is 17.9 Å². The van der Waals surface area contributed by atoms with Crippen LogP contribution in [0, 0.1) is 5.92 Å². The molecule has 7 heteroatoms. The molecule has 1 amide bonds. The zero-order valence-electron chi connectivity index (χ0n) is 14.8. The van der Waals surface area contributed by atoms with Gasteiger partial charge in [-0.25, -0.2) is 9.59 Å². The van der Waals surface area contributed by atoms with Crippen molar-refractivity contribution >= 4 is 23.8 Å². The number of nitrogens with one attached hydrogen (secondary N) is 1. The van der Waals surface area contributed by atoms with Crippen LogP contribution in [0.15, 0.2) is 30.3 Å². The molecule has 1 rings (SSSR count). The van der Waals surface area contributed by atoms with Crippen LogP contribution in [0.25, 0.3) is 0 Å². The summed E-state index contributed by atoms with van der Waals surface area (Å²) in [6.07, 6.45) is -0.383. The van der Waals surface area contributed by atoms with Gasteiger partial charge in [0, 0.05) is 12.4 Å². The lowest BCUT2D eigenvalue weighted by Crippen LogP contribution is -2.41. The minimum atomic E-state index is -1.06. The molecule has 140 valence electrons. The number of thioether (sulfide) groups is 1. The summed E-state index contributed by atoms with van der Waals surface area (Å²) in [6.45, 7) is 5.67. The van der Waals surface area contributed by atoms with E-state index in [4.69, 9.17) is 9.47 Å². The zero-order valence-corrected chi connectivity index (χ0v) is 15.6. The van der Waals surface area contributed by atoms with E-state index in [-0.39, 0.29) is 6.61 Å². The Morgan fingerprint density at radius 1 is 1.20 bits per heavy atom. The fourth-order valence-electron chi connectivity index (χ4n) is 1.90. The maximum atomic E-state index is 11.7. The first kappa shape index (κ1) is 21.3. The Kier molecular flexibility index (Phi) is 10.7. The van der Waals surface area contributed by atoms with Gasteiger partial charge in [0.05, 0.1) is 6.61 Å². The van der Waals surface area contributed by atoms with Crippen LogP contribution in [0.5, 0.6) is 0 Å². The quantitative estimate of drug-likeness (QED) is 0.551. The van der Waals surface area contributed by atoms with Crippen molar-refractivity contribution in [3.63, 3.8) is 0 Å². The molecule has 2 N–H and O–H groups in total. The third-order valence-electron chi connectivity index (χ3n) is 3.18. The Labute approximate surface area is 153 Å². The summed E-state index contributed by atoms with van der Waals surface area (Å²) in [4.78, 5) is 23.0. The van der Waals surface area contributed by atoms with Gasteiger partial charge < -0.3 is 19.9 Å². The standard InChI is InChI=1S/C18H27NO5S/c1-14(2)12-23-9-11-25-10-8-16(17(20)21)19-18(22)24-13-15-6-4-3-5-7-15/h3-7,14,16H,8-13H2,1-2H3,(H,19,22)(H,20,21). The van der Waals surface area contributed by atoms with E-state index in [1.807, 2.05) is 30.3 Å². The lowest BCUT2D eigenvalue weighted by molar-refractivity contribution is -0.139. The number of amides is 1. The molecule has 0 bridgehead atoms. The summed E-state index contributed by atoms with van der Waals surface area (Å²) < 4.78 is 10.5. The van der Waals surface area contributed by atoms with Gasteiger partial charge in [-0.1, -0.05) is 44.2 Å². The first-order valence-electron chi connectivity index (χ1n) is 8.34. The molecule has 0 aliphatic carbocycles. The van der Waals surface area contributed by atoms with Gasteiger partial charge in [-0.2, -0.15) is 11.8 Å². The zero-order chi connectivity index (χ0) is 18.5. The van der Waals surface area contributed by atoms with E-state index in [1.54, 1.807) is 11.8 Å². The normalized spacial score (nSPS) is 12.0. The minimum Gasteiger partial charge on any atom is -0.480 e. The first-order valence-corrected chi connectivity index (χ1v) is 9.50. The molecule has 1 aromatic carbocycles. The van der Waals surface area contributed by atoms with Crippen molar-refractivity contribution < 1.29 is 24.2 Å². The fourth-order valence-corrected chi connectivity index (χ4v) is 2.75. The predicted molar refractivity (Wildman–Crippen MR) is 98.8 cm³/mol. The maximum Gasteiger partial charge on any atom is 0.408 e. The van der Waals surface area contributed by atoms with E-state index < -0.39 is 18.1 Å². The average molecular weight is 369 g/mol. The number of hydrogen-bond acceptors (Lipinski definition) is 5. The molecule has 0 aliphatic heterocycles. The third-order valence-corrected chi connectivity index (χ3v) is 4.16. The predicted octanol–water partition coefficient (Wildman–Crippen LogP) is 3.16. The van der Waals surface area contributed by atoms with E-state index in [1.165, 1.54) is 0 Å². The van der Waals surface area contributed by atoms with Gasteiger partial charge in [-0.05, 0) is 23.7 Å². The maximum absolute atomic E-state index is 11.7. The molecule has 6 nitrogen and oxygen atoms in total. The number of hydrogen-bond donors (Lipinski definition) is 2. The first-order chi connectivity index (χ1) is 12.0. The highest BCUT2D eigenvalue weighted by Gasteiger charge is 2.20. The summed E-state index contributed by atoms with van der Waals surface area (Å²) in [5, 5.41) is 11.6. The smallest absolute Gasteiger partial charge is 0.408 e. The van der Waals surface area contributed by atoms with Crippen LogP contribution in [0.1, 0.15) is 25.8 Å². The number of carboxylic acids is 1. The molecule has 25 heavy (non-hydrogen) atoms. The van der Waals surface area contributed by atoms with Crippen LogP contribution < -0.4 is 5.32 Å². The average Bonchev–Trinajstić information content (AvgIpc) is 2.58. The second-order valence-corrected chi connectivity index (χ2v) is 7.19. The number of aliphatic carboxylic acids is 1. The molecule has 1 atom stereocenters. The van der Waals surface area contributed by atoms with Gasteiger partial charge in [0.1, 0.15) is 12.6 Å². The van der Waals surface area contributed by atoms with E-state index in [2.05, 4.69) is 19.2 Å². The number of alkyl carbamates (subject to hydrolysis) is 1. The highest BCUT2D eigenvalue weighted by molar-refractivity contribution is 7.99. The second-order valence-electron chi connectivity index (χ2n) is 5.97. The van der Waals surface area contributed by atoms with Crippen LogP contribution in [-0.4, -0.2) is 47.9 Å². The third kappa shape index (κ3) is 10.7. The highest BCUT2D eigenvalue weighted by atomic mass is 32.2. The van der Waals surface area contributed by atoms with Gasteiger partial charge >= 0.3 is 12.1 Å². The molecule has 0 fully saturated rings. The van der Waals surface area contributed by atoms with Crippen molar-refractivity contribution in [1.29, 1.82) is 0 Å². The SMILES string of the molecule is CC(C)COCCSCCC(NC(=O)OCc1ccccc1)C(=O)O. The number of benzene rings is 1. The summed E-state index contributed by atoms with van der Waals surface area (Å²) >= 11 is 1.61. The van der Waals surface area contributed by atoms with Crippen LogP contribution >= 0.6 is 11.8 Å². The molecular formula is C18H27NO5S. The Morgan fingerprint density at radius 2 is 1.92 bits per heavy atom. The summed E-state index contributed by atoms with van der Waals surface area (Å²) in [6, 6.07) is 8.28. The van der Waals surface area contributed by atoms with Crippen molar-refractivity contribution in [2.24, 2.45) is 5.92 Å². The molecule has 0 radical (unpaired) electrons. The summed E-state index contributed by atoms with van der Waals surface area (Å²) in [5.74, 6) is 0.874. The van der Waals surface area contributed by atoms with Crippen LogP contribution in [-0.2, 0) is 20.9 Å². The van der Waals surface area contributed by atoms with Gasteiger partial charge in [-0.15, -0.1) is 0 Å². The van der Waals surface area contributed by atoms with Crippen LogP contribution in [0.4, 0.5) is 4.79 Å². The lowest BCUT2D eigenvalue weighted by Gasteiger charge is -2.14. The van der Waals surface area contributed by atoms with Crippen molar-refractivity contribution in [3.8, 4) is 0 Å². The Balaban J connectivity index is 2.20. The number of carbonyl (C=O) groups excluding carboxylic acids is 1. The Hall–Kier alpha value is -1.73. The Morgan fingerprint density at radius 3 is 2.56 bits per heavy atom. The van der Waals surface area contributed by atoms with Gasteiger partial charge in [-0.3, -0.25) is 0 Å². The Bertz CT molecular complexity index is 509. The second kappa shape index (κ2) is 12.6. The van der Waals surface area contributed by atoms with E-state index in [9.17, 15) is 14.7 Å². The lowest BCUT2D eigenvalue weighted by atomic mass is 10.2. The van der Waals surface area contributed by atoms with Crippen molar-refractivity contribution in [3.05, 3.63) is 35.9 Å². The van der Waals surface area contributed by atoms with Gasteiger partial charge in [0.2, 0.25) is 0 Å². The number of carboxylic acid groups (broad SMARTS) is 1. The van der Waals surface area contributed by atoms with Crippen LogP contribution in [0.2, 0.25) is 0 Å². The molecule has 0 spiro atoms. The monoisotopic (exact) mass is 369 g/mol. The van der Waals surface area contributed by atoms with Gasteiger partial charge in [0.15, 0.2) is 0 Å². The van der Waals surface area contributed by atoms with Crippen molar-refractivity contribution in [2.45, 2.75) is 32.9 Å². The minimum absolute atomic E-state index is 0.112. The highest BCUT2D eigenvalue weighted by Crippen LogP contribution is 2.07. The van der Waals surface area contributed by atoms with Crippen molar-refractivity contribution in [2.75, 3.05) is 24.7 Å². The van der Waals surface area contributed by atoms with Crippen LogP contribution in [0.3, 0.4) is 0 Å². The fraction of sp³-hybridized carbons (Fsp3) is 0.556.